The van der Waals surface area contributed by atoms with Crippen LogP contribution in [0.2, 0.25) is 0 Å². The van der Waals surface area contributed by atoms with E-state index in [4.69, 9.17) is 0 Å². The summed E-state index contributed by atoms with van der Waals surface area (Å²) in [6.07, 6.45) is 3.00. The molecular weight excluding hydrogens is 355 g/mol. The van der Waals surface area contributed by atoms with Crippen molar-refractivity contribution in [2.45, 2.75) is 13.5 Å². The van der Waals surface area contributed by atoms with Crippen molar-refractivity contribution in [2.24, 2.45) is 0 Å². The summed E-state index contributed by atoms with van der Waals surface area (Å²) in [5.41, 5.74) is 1.11. The number of carbonyl (C=O) groups is 1. The van der Waals surface area contributed by atoms with E-state index in [0.29, 0.717) is 21.5 Å². The van der Waals surface area contributed by atoms with Gasteiger partial charge in [-0.1, -0.05) is 6.07 Å². The van der Waals surface area contributed by atoms with Crippen molar-refractivity contribution in [1.82, 2.24) is 14.5 Å². The Bertz CT molecular complexity index is 1210. The van der Waals surface area contributed by atoms with Crippen molar-refractivity contribution in [2.75, 3.05) is 5.32 Å². The number of halogens is 1. The Labute approximate surface area is 150 Å². The van der Waals surface area contributed by atoms with Gasteiger partial charge in [-0.05, 0) is 36.8 Å². The maximum Gasteiger partial charge on any atom is 0.271 e. The Balaban J connectivity index is 1.63. The molecule has 0 spiro atoms. The SMILES string of the molecule is Cc1ccc(NC(=O)Cn2cnc3c(sc4ncccc43)c2=O)cc1F. The molecule has 0 saturated carbocycles. The van der Waals surface area contributed by atoms with Crippen LogP contribution in [0, 0.1) is 12.7 Å². The zero-order valence-electron chi connectivity index (χ0n) is 13.7. The number of hydrogen-bond acceptors (Lipinski definition) is 5. The molecule has 1 amide bonds. The van der Waals surface area contributed by atoms with Gasteiger partial charge in [-0.2, -0.15) is 0 Å². The maximum atomic E-state index is 13.6. The van der Waals surface area contributed by atoms with E-state index in [2.05, 4.69) is 15.3 Å². The van der Waals surface area contributed by atoms with Crippen molar-refractivity contribution in [3.63, 3.8) is 0 Å². The zero-order valence-corrected chi connectivity index (χ0v) is 14.5. The monoisotopic (exact) mass is 368 g/mol. The molecule has 1 N–H and O–H groups in total. The second-order valence-electron chi connectivity index (χ2n) is 5.83. The number of fused-ring (bicyclic) bond motifs is 3. The fraction of sp³-hybridized carbons (Fsp3) is 0.111. The summed E-state index contributed by atoms with van der Waals surface area (Å²) in [4.78, 5) is 34.1. The molecule has 0 unspecified atom stereocenters. The van der Waals surface area contributed by atoms with Gasteiger partial charge in [0.15, 0.2) is 0 Å². The molecular formula is C18H13FN4O2S. The second kappa shape index (κ2) is 6.30. The van der Waals surface area contributed by atoms with Gasteiger partial charge in [0.25, 0.3) is 5.56 Å². The average molecular weight is 368 g/mol. The lowest BCUT2D eigenvalue weighted by Crippen LogP contribution is -2.27. The van der Waals surface area contributed by atoms with E-state index < -0.39 is 11.7 Å². The highest BCUT2D eigenvalue weighted by Crippen LogP contribution is 2.27. The quantitative estimate of drug-likeness (QED) is 0.603. The van der Waals surface area contributed by atoms with Crippen LogP contribution in [0.1, 0.15) is 5.56 Å². The van der Waals surface area contributed by atoms with Crippen LogP contribution in [0.25, 0.3) is 20.4 Å². The van der Waals surface area contributed by atoms with E-state index in [1.807, 2.05) is 6.07 Å². The summed E-state index contributed by atoms with van der Waals surface area (Å²) in [5, 5.41) is 3.40. The first-order valence-corrected chi connectivity index (χ1v) is 8.63. The maximum absolute atomic E-state index is 13.6. The third kappa shape index (κ3) is 2.84. The van der Waals surface area contributed by atoms with Crippen molar-refractivity contribution < 1.29 is 9.18 Å². The smallest absolute Gasteiger partial charge is 0.271 e. The number of aryl methyl sites for hydroxylation is 1. The van der Waals surface area contributed by atoms with Gasteiger partial charge >= 0.3 is 0 Å². The molecule has 4 rings (SSSR count). The minimum atomic E-state index is -0.435. The number of hydrogen-bond donors (Lipinski definition) is 1. The number of benzene rings is 1. The predicted molar refractivity (Wildman–Crippen MR) is 98.9 cm³/mol. The normalized spacial score (nSPS) is 11.2. The third-order valence-electron chi connectivity index (χ3n) is 3.99. The summed E-state index contributed by atoms with van der Waals surface area (Å²) in [6.45, 7) is 1.43. The Morgan fingerprint density at radius 2 is 2.15 bits per heavy atom. The topological polar surface area (TPSA) is 76.9 Å². The molecule has 130 valence electrons. The van der Waals surface area contributed by atoms with Crippen molar-refractivity contribution in [3.8, 4) is 0 Å². The van der Waals surface area contributed by atoms with Crippen LogP contribution in [0.4, 0.5) is 10.1 Å². The lowest BCUT2D eigenvalue weighted by molar-refractivity contribution is -0.116. The van der Waals surface area contributed by atoms with Crippen LogP contribution in [-0.2, 0) is 11.3 Å². The van der Waals surface area contributed by atoms with E-state index in [0.717, 1.165) is 10.2 Å². The fourth-order valence-corrected chi connectivity index (χ4v) is 3.69. The lowest BCUT2D eigenvalue weighted by atomic mass is 10.2. The van der Waals surface area contributed by atoms with Crippen molar-refractivity contribution >= 4 is 43.4 Å². The van der Waals surface area contributed by atoms with Crippen LogP contribution >= 0.6 is 11.3 Å². The Hall–Kier alpha value is -3.13. The molecule has 6 nitrogen and oxygen atoms in total. The van der Waals surface area contributed by atoms with E-state index in [1.54, 1.807) is 31.3 Å². The zero-order chi connectivity index (χ0) is 18.3. The van der Waals surface area contributed by atoms with Crippen molar-refractivity contribution in [3.05, 3.63) is 64.6 Å². The number of nitrogens with one attached hydrogen (secondary N) is 1. The van der Waals surface area contributed by atoms with E-state index in [1.165, 1.54) is 28.3 Å². The molecule has 0 bridgehead atoms. The van der Waals surface area contributed by atoms with E-state index in [9.17, 15) is 14.0 Å². The predicted octanol–water partition coefficient (Wildman–Crippen LogP) is 3.09. The van der Waals surface area contributed by atoms with Gasteiger partial charge in [0.2, 0.25) is 5.91 Å². The summed E-state index contributed by atoms with van der Waals surface area (Å²) >= 11 is 1.25. The Morgan fingerprint density at radius 3 is 2.96 bits per heavy atom. The van der Waals surface area contributed by atoms with E-state index >= 15 is 0 Å². The molecule has 0 aliphatic rings. The number of rotatable bonds is 3. The Kier molecular flexibility index (Phi) is 3.96. The largest absolute Gasteiger partial charge is 0.324 e. The summed E-state index contributed by atoms with van der Waals surface area (Å²) < 4.78 is 15.3. The van der Waals surface area contributed by atoms with Gasteiger partial charge in [-0.3, -0.25) is 14.2 Å². The molecule has 0 radical (unpaired) electrons. The number of amides is 1. The van der Waals surface area contributed by atoms with E-state index in [-0.39, 0.29) is 12.1 Å². The van der Waals surface area contributed by atoms with Gasteiger partial charge in [0.05, 0.1) is 11.8 Å². The fourth-order valence-electron chi connectivity index (χ4n) is 2.64. The summed E-state index contributed by atoms with van der Waals surface area (Å²) in [5.74, 6) is -0.837. The molecule has 0 fully saturated rings. The first kappa shape index (κ1) is 16.3. The minimum absolute atomic E-state index is 0.209. The summed E-state index contributed by atoms with van der Waals surface area (Å²) in [6, 6.07) is 8.08. The molecule has 0 aliphatic heterocycles. The van der Waals surface area contributed by atoms with Crippen LogP contribution in [0.15, 0.2) is 47.7 Å². The average Bonchev–Trinajstić information content (AvgIpc) is 3.00. The van der Waals surface area contributed by atoms with Gasteiger partial charge in [0, 0.05) is 17.3 Å². The summed E-state index contributed by atoms with van der Waals surface area (Å²) in [7, 11) is 0. The molecule has 1 aromatic carbocycles. The van der Waals surface area contributed by atoms with Crippen LogP contribution in [0.3, 0.4) is 0 Å². The first-order valence-electron chi connectivity index (χ1n) is 7.81. The lowest BCUT2D eigenvalue weighted by Gasteiger charge is -2.08. The van der Waals surface area contributed by atoms with Crippen molar-refractivity contribution in [1.29, 1.82) is 0 Å². The second-order valence-corrected chi connectivity index (χ2v) is 6.82. The van der Waals surface area contributed by atoms with Gasteiger partial charge in [0.1, 0.15) is 21.9 Å². The molecule has 26 heavy (non-hydrogen) atoms. The molecule has 4 aromatic rings. The number of carbonyl (C=O) groups excluding carboxylic acids is 1. The number of anilines is 1. The van der Waals surface area contributed by atoms with Gasteiger partial charge < -0.3 is 5.32 Å². The molecule has 8 heteroatoms. The molecule has 3 heterocycles. The highest BCUT2D eigenvalue weighted by atomic mass is 32.1. The minimum Gasteiger partial charge on any atom is -0.324 e. The van der Waals surface area contributed by atoms with Crippen LogP contribution < -0.4 is 10.9 Å². The number of aromatic nitrogens is 3. The van der Waals surface area contributed by atoms with Gasteiger partial charge in [-0.25, -0.2) is 14.4 Å². The standard InChI is InChI=1S/C18H13FN4O2S/c1-10-4-5-11(7-13(10)19)22-14(24)8-23-9-21-15-12-3-2-6-20-17(12)26-16(15)18(23)25/h2-7,9H,8H2,1H3,(H,22,24). The molecule has 0 atom stereocenters. The first-order chi connectivity index (χ1) is 12.5. The molecule has 0 aliphatic carbocycles. The highest BCUT2D eigenvalue weighted by molar-refractivity contribution is 7.25. The molecule has 3 aromatic heterocycles. The highest BCUT2D eigenvalue weighted by Gasteiger charge is 2.14. The Morgan fingerprint density at radius 1 is 1.31 bits per heavy atom. The van der Waals surface area contributed by atoms with Crippen LogP contribution in [0.5, 0.6) is 0 Å². The number of thiophene rings is 1. The molecule has 0 saturated heterocycles. The number of pyridine rings is 1. The van der Waals surface area contributed by atoms with Gasteiger partial charge in [-0.15, -0.1) is 11.3 Å². The van der Waals surface area contributed by atoms with Crippen LogP contribution in [-0.4, -0.2) is 20.4 Å². The third-order valence-corrected chi connectivity index (χ3v) is 5.08. The number of nitrogens with zero attached hydrogens (tertiary/aromatic N) is 3.